The van der Waals surface area contributed by atoms with Crippen molar-refractivity contribution in [2.75, 3.05) is 13.1 Å². The minimum Gasteiger partial charge on any atom is -0.298 e. The highest BCUT2D eigenvalue weighted by molar-refractivity contribution is 7.20. The van der Waals surface area contributed by atoms with E-state index in [-0.39, 0.29) is 5.54 Å². The van der Waals surface area contributed by atoms with Crippen LogP contribution in [0.1, 0.15) is 67.1 Å². The van der Waals surface area contributed by atoms with E-state index < -0.39 is 0 Å². The zero-order valence-corrected chi connectivity index (χ0v) is 16.1. The van der Waals surface area contributed by atoms with E-state index in [1.54, 1.807) is 11.3 Å². The van der Waals surface area contributed by atoms with Crippen molar-refractivity contribution in [3.05, 3.63) is 34.7 Å². The fraction of sp³-hybridized carbons (Fsp3) is 0.591. The number of nitrogens with zero attached hydrogens (tertiary/aromatic N) is 1. The zero-order valence-electron chi connectivity index (χ0n) is 15.3. The van der Waals surface area contributed by atoms with Gasteiger partial charge in [0.25, 0.3) is 0 Å². The van der Waals surface area contributed by atoms with Crippen LogP contribution in [0.25, 0.3) is 10.1 Å². The van der Waals surface area contributed by atoms with E-state index in [2.05, 4.69) is 43.0 Å². The molecule has 132 valence electrons. The predicted octanol–water partition coefficient (Wildman–Crippen LogP) is 5.47. The van der Waals surface area contributed by atoms with Gasteiger partial charge in [-0.3, -0.25) is 9.69 Å². The number of hydrogen-bond acceptors (Lipinski definition) is 3. The van der Waals surface area contributed by atoms with Crippen LogP contribution in [-0.4, -0.2) is 29.3 Å². The van der Waals surface area contributed by atoms with Gasteiger partial charge in [0.2, 0.25) is 0 Å². The maximum Gasteiger partial charge on any atom is 0.173 e. The Bertz CT molecular complexity index is 824. The summed E-state index contributed by atoms with van der Waals surface area (Å²) in [5.41, 5.74) is 1.64. The van der Waals surface area contributed by atoms with Crippen LogP contribution in [0, 0.1) is 11.8 Å². The maximum absolute atomic E-state index is 13.1. The Morgan fingerprint density at radius 1 is 1.16 bits per heavy atom. The molecule has 4 aliphatic rings. The normalized spacial score (nSPS) is 30.7. The molecule has 25 heavy (non-hydrogen) atoms. The summed E-state index contributed by atoms with van der Waals surface area (Å²) in [6, 6.07) is 8.94. The summed E-state index contributed by atoms with van der Waals surface area (Å²) in [5, 5.41) is 1.24. The van der Waals surface area contributed by atoms with E-state index in [1.807, 2.05) is 0 Å². The molecule has 0 radical (unpaired) electrons. The van der Waals surface area contributed by atoms with Gasteiger partial charge < -0.3 is 0 Å². The lowest BCUT2D eigenvalue weighted by Crippen LogP contribution is -2.61. The minimum absolute atomic E-state index is 0.173. The Morgan fingerprint density at radius 3 is 2.60 bits per heavy atom. The average molecular weight is 354 g/mol. The molecule has 6 rings (SSSR count). The first kappa shape index (κ1) is 16.0. The highest BCUT2D eigenvalue weighted by Gasteiger charge is 2.48. The molecule has 1 saturated carbocycles. The molecule has 0 amide bonds. The van der Waals surface area contributed by atoms with Crippen molar-refractivity contribution in [1.82, 2.24) is 4.90 Å². The Hall–Kier alpha value is -1.19. The molecule has 4 fully saturated rings. The van der Waals surface area contributed by atoms with Gasteiger partial charge in [-0.1, -0.05) is 12.1 Å². The molecule has 1 aromatic heterocycles. The Morgan fingerprint density at radius 2 is 1.92 bits per heavy atom. The van der Waals surface area contributed by atoms with Crippen LogP contribution >= 0.6 is 11.3 Å². The number of benzene rings is 1. The Labute approximate surface area is 154 Å². The van der Waals surface area contributed by atoms with Gasteiger partial charge in [0.05, 0.1) is 4.88 Å². The summed E-state index contributed by atoms with van der Waals surface area (Å²) >= 11 is 1.71. The summed E-state index contributed by atoms with van der Waals surface area (Å²) in [4.78, 5) is 16.6. The van der Waals surface area contributed by atoms with Crippen LogP contribution in [0.3, 0.4) is 0 Å². The maximum atomic E-state index is 13.1. The molecular weight excluding hydrogens is 326 g/mol. The van der Waals surface area contributed by atoms with Gasteiger partial charge in [-0.25, -0.2) is 0 Å². The number of ketones is 1. The van der Waals surface area contributed by atoms with E-state index in [0.29, 0.717) is 11.7 Å². The van der Waals surface area contributed by atoms with Crippen molar-refractivity contribution in [2.24, 2.45) is 11.8 Å². The first-order valence-electron chi connectivity index (χ1n) is 9.84. The molecule has 0 N–H and O–H groups in total. The second-order valence-corrected chi connectivity index (χ2v) is 9.98. The fourth-order valence-corrected chi connectivity index (χ4v) is 6.32. The third kappa shape index (κ3) is 2.67. The quantitative estimate of drug-likeness (QED) is 0.679. The number of rotatable bonds is 4. The lowest BCUT2D eigenvalue weighted by Gasteiger charge is -2.56. The highest BCUT2D eigenvalue weighted by Crippen LogP contribution is 2.46. The third-order valence-electron chi connectivity index (χ3n) is 7.10. The first-order valence-corrected chi connectivity index (χ1v) is 10.7. The van der Waals surface area contributed by atoms with Crippen molar-refractivity contribution in [3.63, 3.8) is 0 Å². The van der Waals surface area contributed by atoms with Crippen LogP contribution in [0.2, 0.25) is 0 Å². The van der Waals surface area contributed by atoms with Gasteiger partial charge in [0, 0.05) is 16.7 Å². The average Bonchev–Trinajstić information content (AvgIpc) is 3.36. The molecule has 0 spiro atoms. The number of carbonyl (C=O) groups excluding carboxylic acids is 1. The van der Waals surface area contributed by atoms with E-state index in [1.165, 1.54) is 54.4 Å². The van der Waals surface area contributed by atoms with Gasteiger partial charge in [0.1, 0.15) is 0 Å². The number of fused-ring (bicyclic) bond motifs is 4. The molecule has 0 unspecified atom stereocenters. The fourth-order valence-electron chi connectivity index (χ4n) is 5.26. The zero-order chi connectivity index (χ0) is 17.2. The van der Waals surface area contributed by atoms with Gasteiger partial charge in [-0.2, -0.15) is 0 Å². The lowest BCUT2D eigenvalue weighted by atomic mass is 9.65. The standard InChI is InChI=1S/C22H27NOS/c1-22(2)18(15-7-9-23(22)10-8-15)13-19(24)21-12-17-6-5-16(14-3-4-14)11-20(17)25-21/h5-6,11-12,14-15,18H,3-4,7-10,13H2,1-2H3/t18-/m1/s1. The summed E-state index contributed by atoms with van der Waals surface area (Å²) in [5.74, 6) is 2.38. The number of carbonyl (C=O) groups is 1. The van der Waals surface area contributed by atoms with E-state index >= 15 is 0 Å². The van der Waals surface area contributed by atoms with Crippen molar-refractivity contribution in [2.45, 2.75) is 57.4 Å². The number of hydrogen-bond donors (Lipinski definition) is 0. The molecule has 1 atom stereocenters. The number of thiophene rings is 1. The molecule has 2 bridgehead atoms. The van der Waals surface area contributed by atoms with E-state index in [0.717, 1.165) is 23.1 Å². The largest absolute Gasteiger partial charge is 0.298 e. The smallest absolute Gasteiger partial charge is 0.173 e. The molecular formula is C22H27NOS. The van der Waals surface area contributed by atoms with Gasteiger partial charge in [-0.15, -0.1) is 11.3 Å². The van der Waals surface area contributed by atoms with Crippen molar-refractivity contribution in [3.8, 4) is 0 Å². The summed E-state index contributed by atoms with van der Waals surface area (Å²) in [6.45, 7) is 7.14. The molecule has 3 aliphatic heterocycles. The molecule has 1 aromatic carbocycles. The van der Waals surface area contributed by atoms with Gasteiger partial charge in [0.15, 0.2) is 5.78 Å². The van der Waals surface area contributed by atoms with Gasteiger partial charge >= 0.3 is 0 Å². The summed E-state index contributed by atoms with van der Waals surface area (Å²) in [7, 11) is 0. The summed E-state index contributed by atoms with van der Waals surface area (Å²) < 4.78 is 1.29. The number of Topliss-reactive ketones (excluding diaryl/α,β-unsaturated/α-hetero) is 1. The van der Waals surface area contributed by atoms with Crippen LogP contribution in [0.5, 0.6) is 0 Å². The monoisotopic (exact) mass is 353 g/mol. The number of piperidine rings is 3. The SMILES string of the molecule is CC1(C)[C@H](CC(=O)c2cc3ccc(C4CC4)cc3s2)C2CCN1CC2. The summed E-state index contributed by atoms with van der Waals surface area (Å²) in [6.07, 6.45) is 5.93. The predicted molar refractivity (Wildman–Crippen MR) is 105 cm³/mol. The van der Waals surface area contributed by atoms with E-state index in [4.69, 9.17) is 0 Å². The van der Waals surface area contributed by atoms with Crippen LogP contribution in [-0.2, 0) is 0 Å². The molecule has 3 heteroatoms. The third-order valence-corrected chi connectivity index (χ3v) is 8.24. The van der Waals surface area contributed by atoms with Crippen LogP contribution < -0.4 is 0 Å². The van der Waals surface area contributed by atoms with Crippen molar-refractivity contribution >= 4 is 27.2 Å². The first-order chi connectivity index (χ1) is 12.0. The molecule has 4 heterocycles. The second kappa shape index (κ2) is 5.65. The molecule has 1 aliphatic carbocycles. The Kier molecular flexibility index (Phi) is 3.62. The van der Waals surface area contributed by atoms with E-state index in [9.17, 15) is 4.79 Å². The Balaban J connectivity index is 1.39. The molecule has 2 aromatic rings. The molecule has 3 saturated heterocycles. The van der Waals surface area contributed by atoms with Crippen LogP contribution in [0.15, 0.2) is 24.3 Å². The van der Waals surface area contributed by atoms with Crippen molar-refractivity contribution in [1.29, 1.82) is 0 Å². The van der Waals surface area contributed by atoms with Crippen LogP contribution in [0.4, 0.5) is 0 Å². The lowest BCUT2D eigenvalue weighted by molar-refractivity contribution is -0.0643. The minimum atomic E-state index is 0.173. The molecule has 2 nitrogen and oxygen atoms in total. The topological polar surface area (TPSA) is 20.3 Å². The van der Waals surface area contributed by atoms with Crippen molar-refractivity contribution < 1.29 is 4.79 Å². The highest BCUT2D eigenvalue weighted by atomic mass is 32.1. The van der Waals surface area contributed by atoms with Gasteiger partial charge in [-0.05, 0) is 93.5 Å². The second-order valence-electron chi connectivity index (χ2n) is 8.89.